The predicted molar refractivity (Wildman–Crippen MR) is 171 cm³/mol. The van der Waals surface area contributed by atoms with Crippen LogP contribution >= 0.6 is 0 Å². The Morgan fingerprint density at radius 2 is 1.32 bits per heavy atom. The lowest BCUT2D eigenvalue weighted by Gasteiger charge is -2.35. The van der Waals surface area contributed by atoms with E-state index in [0.717, 1.165) is 35.3 Å². The summed E-state index contributed by atoms with van der Waals surface area (Å²) in [5.74, 6) is 8.25. The first kappa shape index (κ1) is 30.2. The maximum absolute atomic E-state index is 9.26. The molecule has 0 radical (unpaired) electrons. The molecule has 0 aliphatic heterocycles. The van der Waals surface area contributed by atoms with E-state index in [-0.39, 0.29) is 12.0 Å². The average Bonchev–Trinajstić information content (AvgIpc) is 2.99. The fourth-order valence-corrected chi connectivity index (χ4v) is 5.67. The summed E-state index contributed by atoms with van der Waals surface area (Å²) in [6, 6.07) is 36.4. The Balaban J connectivity index is 1.51. The second-order valence-corrected chi connectivity index (χ2v) is 12.2. The van der Waals surface area contributed by atoms with E-state index in [1.807, 2.05) is 31.2 Å². The minimum Gasteiger partial charge on any atom is -0.489 e. The second-order valence-electron chi connectivity index (χ2n) is 12.2. The van der Waals surface area contributed by atoms with Gasteiger partial charge in [0, 0.05) is 5.56 Å². The molecular weight excluding hydrogens is 500 g/mol. The molecule has 2 nitrogen and oxygen atoms in total. The summed E-state index contributed by atoms with van der Waals surface area (Å²) < 4.78 is 6.00. The van der Waals surface area contributed by atoms with E-state index in [4.69, 9.17) is 4.74 Å². The van der Waals surface area contributed by atoms with Crippen molar-refractivity contribution in [2.75, 3.05) is 0 Å². The summed E-state index contributed by atoms with van der Waals surface area (Å²) >= 11 is 0. The highest BCUT2D eigenvalue weighted by atomic mass is 16.5. The van der Waals surface area contributed by atoms with Gasteiger partial charge < -0.3 is 9.84 Å². The molecule has 0 saturated carbocycles. The molecule has 4 aromatic carbocycles. The maximum Gasteiger partial charge on any atom is 0.119 e. The Hall–Kier alpha value is -3.80. The van der Waals surface area contributed by atoms with Crippen LogP contribution in [0.1, 0.15) is 98.6 Å². The first-order chi connectivity index (χ1) is 19.8. The molecule has 2 heteroatoms. The number of ether oxygens (including phenoxy) is 1. The zero-order valence-corrected chi connectivity index (χ0v) is 25.2. The summed E-state index contributed by atoms with van der Waals surface area (Å²) in [4.78, 5) is 0. The Morgan fingerprint density at radius 1 is 0.707 bits per heavy atom. The number of hydrogen-bond acceptors (Lipinski definition) is 2. The van der Waals surface area contributed by atoms with Gasteiger partial charge in [0.15, 0.2) is 0 Å². The molecule has 3 atom stereocenters. The number of aliphatic hydroxyl groups is 1. The van der Waals surface area contributed by atoms with Crippen LogP contribution in [0.15, 0.2) is 103 Å². The fourth-order valence-electron chi connectivity index (χ4n) is 5.67. The van der Waals surface area contributed by atoms with E-state index in [0.29, 0.717) is 24.4 Å². The third-order valence-electron chi connectivity index (χ3n) is 8.12. The Kier molecular flexibility index (Phi) is 10.4. The minimum atomic E-state index is 0.0441. The highest BCUT2D eigenvalue weighted by Gasteiger charge is 2.30. The van der Waals surface area contributed by atoms with E-state index >= 15 is 0 Å². The molecule has 0 amide bonds. The summed E-state index contributed by atoms with van der Waals surface area (Å²) in [6.45, 7) is 11.9. The molecule has 4 rings (SSSR count). The molecule has 0 fully saturated rings. The van der Waals surface area contributed by atoms with Crippen molar-refractivity contribution in [1.29, 1.82) is 0 Å². The van der Waals surface area contributed by atoms with Gasteiger partial charge in [-0.2, -0.15) is 0 Å². The molecular formula is C39H44O2. The van der Waals surface area contributed by atoms with Crippen LogP contribution in [0, 0.1) is 17.3 Å². The van der Waals surface area contributed by atoms with Gasteiger partial charge in [-0.3, -0.25) is 0 Å². The number of benzene rings is 4. The van der Waals surface area contributed by atoms with Crippen LogP contribution in [0.5, 0.6) is 5.75 Å². The minimum absolute atomic E-state index is 0.0441. The normalized spacial score (nSPS) is 13.5. The molecule has 1 N–H and O–H groups in total. The molecule has 0 saturated heterocycles. The topological polar surface area (TPSA) is 29.5 Å². The van der Waals surface area contributed by atoms with Crippen molar-refractivity contribution in [3.05, 3.63) is 137 Å². The van der Waals surface area contributed by atoms with Crippen LogP contribution in [0.25, 0.3) is 0 Å². The van der Waals surface area contributed by atoms with Gasteiger partial charge in [-0.15, -0.1) is 5.92 Å². The van der Waals surface area contributed by atoms with Gasteiger partial charge >= 0.3 is 0 Å². The highest BCUT2D eigenvalue weighted by Crippen LogP contribution is 2.45. The first-order valence-electron chi connectivity index (χ1n) is 14.8. The number of aliphatic hydroxyl groups excluding tert-OH is 1. The van der Waals surface area contributed by atoms with Crippen molar-refractivity contribution in [3.8, 4) is 17.6 Å². The molecule has 0 spiro atoms. The Morgan fingerprint density at radius 3 is 1.90 bits per heavy atom. The third-order valence-corrected chi connectivity index (χ3v) is 8.12. The van der Waals surface area contributed by atoms with E-state index in [1.54, 1.807) is 0 Å². The maximum atomic E-state index is 9.26. The molecule has 4 aromatic rings. The summed E-state index contributed by atoms with van der Waals surface area (Å²) in [5, 5.41) is 9.26. The molecule has 3 unspecified atom stereocenters. The quantitative estimate of drug-likeness (QED) is 0.190. The summed E-state index contributed by atoms with van der Waals surface area (Å²) in [7, 11) is 0. The molecule has 0 bridgehead atoms. The van der Waals surface area contributed by atoms with Gasteiger partial charge in [0.25, 0.3) is 0 Å². The van der Waals surface area contributed by atoms with E-state index in [1.165, 1.54) is 16.7 Å². The van der Waals surface area contributed by atoms with Crippen molar-refractivity contribution < 1.29 is 9.84 Å². The summed E-state index contributed by atoms with van der Waals surface area (Å²) in [5.41, 5.74) is 7.39. The van der Waals surface area contributed by atoms with Crippen molar-refractivity contribution in [1.82, 2.24) is 0 Å². The standard InChI is InChI=1S/C39H44O2/c1-6-10-30-13-19-33(20-14-30)29(2)25-36(34-11-8-7-9-12-34)26-38(39(3,4)5)35-21-15-32(16-22-35)28-41-37-23-17-31(27-40)18-24-37/h7-9,11-24,29,36,38,40H,25-28H2,1-5H3. The van der Waals surface area contributed by atoms with Crippen molar-refractivity contribution in [2.24, 2.45) is 5.41 Å². The van der Waals surface area contributed by atoms with Crippen molar-refractivity contribution in [3.63, 3.8) is 0 Å². The van der Waals surface area contributed by atoms with Crippen molar-refractivity contribution >= 4 is 0 Å². The van der Waals surface area contributed by atoms with E-state index in [9.17, 15) is 5.11 Å². The van der Waals surface area contributed by atoms with E-state index < -0.39 is 0 Å². The van der Waals surface area contributed by atoms with Crippen LogP contribution in [0.3, 0.4) is 0 Å². The van der Waals surface area contributed by atoms with Crippen LogP contribution in [-0.2, 0) is 13.2 Å². The lowest BCUT2D eigenvalue weighted by Crippen LogP contribution is -2.22. The van der Waals surface area contributed by atoms with Crippen LogP contribution in [0.2, 0.25) is 0 Å². The van der Waals surface area contributed by atoms with Gasteiger partial charge in [0.05, 0.1) is 6.61 Å². The fraction of sp³-hybridized carbons (Fsp3) is 0.333. The zero-order chi connectivity index (χ0) is 29.2. The zero-order valence-electron chi connectivity index (χ0n) is 25.2. The van der Waals surface area contributed by atoms with Gasteiger partial charge in [-0.25, -0.2) is 0 Å². The van der Waals surface area contributed by atoms with Crippen LogP contribution < -0.4 is 4.74 Å². The Bertz CT molecular complexity index is 1400. The monoisotopic (exact) mass is 544 g/mol. The molecule has 212 valence electrons. The van der Waals surface area contributed by atoms with Crippen LogP contribution in [-0.4, -0.2) is 5.11 Å². The lowest BCUT2D eigenvalue weighted by atomic mass is 9.69. The smallest absolute Gasteiger partial charge is 0.119 e. The number of hydrogen-bond donors (Lipinski definition) is 1. The number of rotatable bonds is 11. The largest absolute Gasteiger partial charge is 0.489 e. The SMILES string of the molecule is CC#Cc1ccc(C(C)CC(CC(c2ccc(COc3ccc(CO)cc3)cc2)C(C)(C)C)c2ccccc2)cc1. The van der Waals surface area contributed by atoms with Gasteiger partial charge in [-0.1, -0.05) is 112 Å². The van der Waals surface area contributed by atoms with Crippen LogP contribution in [0.4, 0.5) is 0 Å². The molecule has 0 aliphatic carbocycles. The first-order valence-corrected chi connectivity index (χ1v) is 14.8. The second kappa shape index (κ2) is 14.2. The van der Waals surface area contributed by atoms with Gasteiger partial charge in [-0.05, 0) is 95.0 Å². The van der Waals surface area contributed by atoms with E-state index in [2.05, 4.69) is 118 Å². The summed E-state index contributed by atoms with van der Waals surface area (Å²) in [6.07, 6.45) is 2.18. The molecule has 41 heavy (non-hydrogen) atoms. The Labute approximate surface area is 247 Å². The molecule has 0 aromatic heterocycles. The van der Waals surface area contributed by atoms with Crippen molar-refractivity contribution in [2.45, 2.75) is 78.4 Å². The van der Waals surface area contributed by atoms with Gasteiger partial charge in [0.1, 0.15) is 12.4 Å². The average molecular weight is 545 g/mol. The lowest BCUT2D eigenvalue weighted by molar-refractivity contribution is 0.280. The molecule has 0 heterocycles. The predicted octanol–water partition coefficient (Wildman–Crippen LogP) is 9.63. The molecule has 0 aliphatic rings. The highest BCUT2D eigenvalue weighted by molar-refractivity contribution is 5.37. The third kappa shape index (κ3) is 8.59. The van der Waals surface area contributed by atoms with Gasteiger partial charge in [0.2, 0.25) is 0 Å².